The first kappa shape index (κ1) is 17.6. The molecule has 0 radical (unpaired) electrons. The third kappa shape index (κ3) is 2.56. The van der Waals surface area contributed by atoms with Gasteiger partial charge in [-0.2, -0.15) is 0 Å². The summed E-state index contributed by atoms with van der Waals surface area (Å²) >= 11 is 1.57. The molecule has 0 saturated heterocycles. The fraction of sp³-hybridized carbons (Fsp3) is 0.273. The standard InChI is InChI=1S/C22H18N4O3S/c1-22(2)9-12(27)16-14(10-22)29-21-18(17(16)13-5-3-7-28-13)20-24-19(15-6-4-8-30-15)25-26(20)11-23-21/h3-8,11,17H,9-10H2,1-2H3/t17-/m1/s1. The van der Waals surface area contributed by atoms with Crippen LogP contribution in [0.3, 0.4) is 0 Å². The number of hydrogen-bond acceptors (Lipinski definition) is 7. The summed E-state index contributed by atoms with van der Waals surface area (Å²) in [7, 11) is 0. The van der Waals surface area contributed by atoms with Crippen molar-refractivity contribution in [3.63, 3.8) is 0 Å². The maximum atomic E-state index is 13.2. The van der Waals surface area contributed by atoms with Crippen LogP contribution >= 0.6 is 11.3 Å². The molecule has 0 aromatic carbocycles. The normalized spacial score (nSPS) is 20.2. The fourth-order valence-electron chi connectivity index (χ4n) is 4.40. The lowest BCUT2D eigenvalue weighted by atomic mass is 9.71. The number of rotatable bonds is 2. The Labute approximate surface area is 176 Å². The number of thiophene rings is 1. The first-order valence-electron chi connectivity index (χ1n) is 9.77. The highest BCUT2D eigenvalue weighted by Crippen LogP contribution is 2.50. The minimum atomic E-state index is -0.418. The van der Waals surface area contributed by atoms with Gasteiger partial charge in [0.05, 0.1) is 22.6 Å². The molecule has 4 aromatic heterocycles. The Morgan fingerprint density at radius 2 is 2.13 bits per heavy atom. The first-order valence-corrected chi connectivity index (χ1v) is 10.6. The van der Waals surface area contributed by atoms with Gasteiger partial charge in [-0.05, 0) is 29.0 Å². The van der Waals surface area contributed by atoms with E-state index in [1.165, 1.54) is 0 Å². The van der Waals surface area contributed by atoms with Gasteiger partial charge in [-0.25, -0.2) is 14.5 Å². The largest absolute Gasteiger partial charge is 0.468 e. The van der Waals surface area contributed by atoms with Crippen molar-refractivity contribution < 1.29 is 13.9 Å². The van der Waals surface area contributed by atoms with E-state index in [1.807, 2.05) is 29.6 Å². The number of carbonyl (C=O) groups excluding carboxylic acids is 1. The van der Waals surface area contributed by atoms with Gasteiger partial charge in [-0.15, -0.1) is 16.4 Å². The molecule has 0 bridgehead atoms. The Balaban J connectivity index is 1.61. The van der Waals surface area contributed by atoms with E-state index in [4.69, 9.17) is 14.1 Å². The molecule has 1 aliphatic carbocycles. The highest BCUT2D eigenvalue weighted by atomic mass is 32.1. The molecule has 7 nitrogen and oxygen atoms in total. The minimum Gasteiger partial charge on any atom is -0.468 e. The molecule has 5 heterocycles. The first-order chi connectivity index (χ1) is 14.5. The lowest BCUT2D eigenvalue weighted by molar-refractivity contribution is -0.118. The van der Waals surface area contributed by atoms with Gasteiger partial charge in [0, 0.05) is 18.4 Å². The summed E-state index contributed by atoms with van der Waals surface area (Å²) in [5.41, 5.74) is 1.82. The van der Waals surface area contributed by atoms with E-state index in [0.717, 1.165) is 10.4 Å². The maximum absolute atomic E-state index is 13.2. The SMILES string of the molecule is CC1(C)CC(=O)C2=C(C1)Oc1ncn3nc(-c4cccs4)nc3c1[C@@H]2c1ccco1. The van der Waals surface area contributed by atoms with Gasteiger partial charge in [-0.1, -0.05) is 19.9 Å². The molecule has 150 valence electrons. The second-order valence-corrected chi connectivity index (χ2v) is 9.42. The number of allylic oxidation sites excluding steroid dienone is 2. The number of furan rings is 1. The lowest BCUT2D eigenvalue weighted by Crippen LogP contribution is -2.33. The van der Waals surface area contributed by atoms with Gasteiger partial charge in [-0.3, -0.25) is 4.79 Å². The van der Waals surface area contributed by atoms with E-state index in [9.17, 15) is 4.79 Å². The monoisotopic (exact) mass is 418 g/mol. The van der Waals surface area contributed by atoms with E-state index in [-0.39, 0.29) is 11.2 Å². The number of nitrogens with zero attached hydrogens (tertiary/aromatic N) is 4. The quantitative estimate of drug-likeness (QED) is 0.473. The molecule has 0 saturated carbocycles. The zero-order chi connectivity index (χ0) is 20.5. The summed E-state index contributed by atoms with van der Waals surface area (Å²) in [6, 6.07) is 7.66. The van der Waals surface area contributed by atoms with Crippen molar-refractivity contribution >= 4 is 22.8 Å². The molecule has 30 heavy (non-hydrogen) atoms. The molecule has 8 heteroatoms. The summed E-state index contributed by atoms with van der Waals surface area (Å²) in [5, 5.41) is 6.58. The van der Waals surface area contributed by atoms with Gasteiger partial charge >= 0.3 is 0 Å². The summed E-state index contributed by atoms with van der Waals surface area (Å²) < 4.78 is 13.6. The van der Waals surface area contributed by atoms with Crippen molar-refractivity contribution in [2.24, 2.45) is 5.41 Å². The van der Waals surface area contributed by atoms with Crippen molar-refractivity contribution in [3.8, 4) is 16.6 Å². The average molecular weight is 418 g/mol. The van der Waals surface area contributed by atoms with Gasteiger partial charge in [0.15, 0.2) is 17.3 Å². The molecule has 1 aliphatic heterocycles. The topological polar surface area (TPSA) is 82.5 Å². The van der Waals surface area contributed by atoms with E-state index >= 15 is 0 Å². The van der Waals surface area contributed by atoms with Crippen LogP contribution in [0.4, 0.5) is 0 Å². The third-order valence-corrected chi connectivity index (χ3v) is 6.50. The predicted molar refractivity (Wildman–Crippen MR) is 110 cm³/mol. The molecule has 2 aliphatic rings. The predicted octanol–water partition coefficient (Wildman–Crippen LogP) is 4.61. The number of fused-ring (bicyclic) bond motifs is 3. The van der Waals surface area contributed by atoms with E-state index < -0.39 is 5.92 Å². The average Bonchev–Trinajstić information content (AvgIpc) is 3.46. The van der Waals surface area contributed by atoms with Crippen molar-refractivity contribution in [1.29, 1.82) is 0 Å². The number of hydrogen-bond donors (Lipinski definition) is 0. The molecule has 0 N–H and O–H groups in total. The van der Waals surface area contributed by atoms with E-state index in [1.54, 1.807) is 28.4 Å². The molecular weight excluding hydrogens is 400 g/mol. The van der Waals surface area contributed by atoms with E-state index in [2.05, 4.69) is 23.9 Å². The van der Waals surface area contributed by atoms with Gasteiger partial charge < -0.3 is 9.15 Å². The zero-order valence-electron chi connectivity index (χ0n) is 16.5. The number of aromatic nitrogens is 4. The Hall–Kier alpha value is -3.26. The molecule has 4 aromatic rings. The number of carbonyl (C=O) groups is 1. The lowest BCUT2D eigenvalue weighted by Gasteiger charge is -2.36. The van der Waals surface area contributed by atoms with Crippen LogP contribution in [0.1, 0.15) is 43.9 Å². The Kier molecular flexibility index (Phi) is 3.59. The molecule has 0 unspecified atom stereocenters. The summed E-state index contributed by atoms with van der Waals surface area (Å²) in [6.45, 7) is 4.16. The van der Waals surface area contributed by atoms with Crippen LogP contribution in [0.25, 0.3) is 16.3 Å². The third-order valence-electron chi connectivity index (χ3n) is 5.63. The minimum absolute atomic E-state index is 0.0771. The Bertz CT molecular complexity index is 1320. The Morgan fingerprint density at radius 1 is 1.23 bits per heavy atom. The van der Waals surface area contributed by atoms with Crippen LogP contribution in [-0.2, 0) is 4.79 Å². The fourth-order valence-corrected chi connectivity index (χ4v) is 5.05. The Morgan fingerprint density at radius 3 is 2.90 bits per heavy atom. The van der Waals surface area contributed by atoms with Crippen LogP contribution in [0.2, 0.25) is 0 Å². The molecule has 0 amide bonds. The van der Waals surface area contributed by atoms with E-state index in [0.29, 0.717) is 47.3 Å². The molecule has 0 spiro atoms. The summed E-state index contributed by atoms with van der Waals surface area (Å²) in [6.07, 6.45) is 4.37. The summed E-state index contributed by atoms with van der Waals surface area (Å²) in [4.78, 5) is 23.5. The van der Waals surface area contributed by atoms with Gasteiger partial charge in [0.25, 0.3) is 0 Å². The second kappa shape index (κ2) is 6.12. The molecule has 1 atom stereocenters. The van der Waals surface area contributed by atoms with Crippen LogP contribution in [0, 0.1) is 5.41 Å². The van der Waals surface area contributed by atoms with Gasteiger partial charge in [0.1, 0.15) is 17.8 Å². The van der Waals surface area contributed by atoms with Crippen molar-refractivity contribution in [1.82, 2.24) is 19.6 Å². The molecule has 6 rings (SSSR count). The van der Waals surface area contributed by atoms with Crippen molar-refractivity contribution in [2.45, 2.75) is 32.6 Å². The number of ketones is 1. The van der Waals surface area contributed by atoms with Crippen molar-refractivity contribution in [2.75, 3.05) is 0 Å². The summed E-state index contributed by atoms with van der Waals surface area (Å²) in [5.74, 6) is 2.09. The zero-order valence-corrected chi connectivity index (χ0v) is 17.3. The number of ether oxygens (including phenoxy) is 1. The number of Topliss-reactive ketones (excluding diaryl/α,β-unsaturated/α-hetero) is 1. The maximum Gasteiger partial charge on any atom is 0.228 e. The van der Waals surface area contributed by atoms with Crippen molar-refractivity contribution in [3.05, 3.63) is 64.9 Å². The van der Waals surface area contributed by atoms with Crippen LogP contribution < -0.4 is 4.74 Å². The van der Waals surface area contributed by atoms with Crippen LogP contribution in [0.15, 0.2) is 58.0 Å². The highest BCUT2D eigenvalue weighted by molar-refractivity contribution is 7.13. The second-order valence-electron chi connectivity index (χ2n) is 8.47. The van der Waals surface area contributed by atoms with Crippen LogP contribution in [0.5, 0.6) is 5.88 Å². The smallest absolute Gasteiger partial charge is 0.228 e. The van der Waals surface area contributed by atoms with Crippen LogP contribution in [-0.4, -0.2) is 25.4 Å². The highest BCUT2D eigenvalue weighted by Gasteiger charge is 2.45. The molecule has 0 fully saturated rings. The van der Waals surface area contributed by atoms with Gasteiger partial charge in [0.2, 0.25) is 5.88 Å². The molecular formula is C22H18N4O3S.